The van der Waals surface area contributed by atoms with Gasteiger partial charge in [0, 0.05) is 25.6 Å². The standard InChI is InChI=1S/C19H23N5O2S/c1-4-23-11-20-22-17(23)14-7-9-24(10-8-14)19(25)16-13(3)21-18(27-16)15-6-5-12(2)26-15/h5-6,11,14H,4,7-10H2,1-3H3. The second-order valence-corrected chi connectivity index (χ2v) is 7.88. The van der Waals surface area contributed by atoms with E-state index in [1.165, 1.54) is 11.3 Å². The second kappa shape index (κ2) is 7.26. The summed E-state index contributed by atoms with van der Waals surface area (Å²) in [6.07, 6.45) is 3.60. The summed E-state index contributed by atoms with van der Waals surface area (Å²) < 4.78 is 7.74. The largest absolute Gasteiger partial charge is 0.459 e. The minimum absolute atomic E-state index is 0.0648. The highest BCUT2D eigenvalue weighted by Crippen LogP contribution is 2.32. The van der Waals surface area contributed by atoms with Crippen LogP contribution in [0.4, 0.5) is 0 Å². The highest BCUT2D eigenvalue weighted by Gasteiger charge is 2.29. The summed E-state index contributed by atoms with van der Waals surface area (Å²) in [4.78, 5) is 20.2. The first kappa shape index (κ1) is 17.9. The van der Waals surface area contributed by atoms with Crippen molar-refractivity contribution in [1.82, 2.24) is 24.6 Å². The van der Waals surface area contributed by atoms with Gasteiger partial charge in [0.1, 0.15) is 22.8 Å². The molecule has 0 aromatic carbocycles. The van der Waals surface area contributed by atoms with Crippen LogP contribution in [0.1, 0.15) is 52.6 Å². The first-order chi connectivity index (χ1) is 13.1. The highest BCUT2D eigenvalue weighted by molar-refractivity contribution is 7.17. The van der Waals surface area contributed by atoms with Gasteiger partial charge in [-0.2, -0.15) is 0 Å². The summed E-state index contributed by atoms with van der Waals surface area (Å²) in [5, 5.41) is 9.07. The Morgan fingerprint density at radius 3 is 2.74 bits per heavy atom. The smallest absolute Gasteiger partial charge is 0.265 e. The minimum Gasteiger partial charge on any atom is -0.459 e. The summed E-state index contributed by atoms with van der Waals surface area (Å²) in [6, 6.07) is 3.81. The lowest BCUT2D eigenvalue weighted by Gasteiger charge is -2.31. The van der Waals surface area contributed by atoms with E-state index in [0.717, 1.165) is 60.5 Å². The van der Waals surface area contributed by atoms with Gasteiger partial charge >= 0.3 is 0 Å². The fourth-order valence-electron chi connectivity index (χ4n) is 3.56. The van der Waals surface area contributed by atoms with Gasteiger partial charge in [-0.25, -0.2) is 4.98 Å². The Hall–Kier alpha value is -2.48. The molecule has 4 rings (SSSR count). The average molecular weight is 385 g/mol. The van der Waals surface area contributed by atoms with E-state index >= 15 is 0 Å². The Kier molecular flexibility index (Phi) is 4.82. The van der Waals surface area contributed by atoms with Gasteiger partial charge in [0.2, 0.25) is 0 Å². The van der Waals surface area contributed by atoms with Crippen molar-refractivity contribution in [2.24, 2.45) is 0 Å². The van der Waals surface area contributed by atoms with Crippen LogP contribution in [0, 0.1) is 13.8 Å². The Labute approximate surface area is 162 Å². The summed E-state index contributed by atoms with van der Waals surface area (Å²) in [5.74, 6) is 3.02. The topological polar surface area (TPSA) is 77.0 Å². The number of aromatic nitrogens is 4. The van der Waals surface area contributed by atoms with Crippen LogP contribution in [0.2, 0.25) is 0 Å². The van der Waals surface area contributed by atoms with Crippen LogP contribution < -0.4 is 0 Å². The monoisotopic (exact) mass is 385 g/mol. The van der Waals surface area contributed by atoms with Crippen molar-refractivity contribution >= 4 is 17.2 Å². The molecule has 0 bridgehead atoms. The molecule has 3 aromatic heterocycles. The number of rotatable bonds is 4. The third-order valence-corrected chi connectivity index (χ3v) is 6.24. The van der Waals surface area contributed by atoms with Crippen LogP contribution in [0.5, 0.6) is 0 Å². The van der Waals surface area contributed by atoms with Gasteiger partial charge in [-0.15, -0.1) is 21.5 Å². The van der Waals surface area contributed by atoms with Crippen molar-refractivity contribution in [3.8, 4) is 10.8 Å². The lowest BCUT2D eigenvalue weighted by Crippen LogP contribution is -2.38. The molecule has 1 aliphatic heterocycles. The zero-order valence-electron chi connectivity index (χ0n) is 15.8. The van der Waals surface area contributed by atoms with Gasteiger partial charge in [-0.05, 0) is 45.7 Å². The number of piperidine rings is 1. The fourth-order valence-corrected chi connectivity index (χ4v) is 4.55. The maximum Gasteiger partial charge on any atom is 0.265 e. The Bertz CT molecular complexity index is 949. The summed E-state index contributed by atoms with van der Waals surface area (Å²) >= 11 is 1.41. The molecule has 0 radical (unpaired) electrons. The number of likely N-dealkylation sites (tertiary alicyclic amines) is 1. The predicted molar refractivity (Wildman–Crippen MR) is 103 cm³/mol. The molecule has 27 heavy (non-hydrogen) atoms. The van der Waals surface area contributed by atoms with Crippen molar-refractivity contribution in [1.29, 1.82) is 0 Å². The van der Waals surface area contributed by atoms with Gasteiger partial charge in [0.25, 0.3) is 5.91 Å². The van der Waals surface area contributed by atoms with Crippen LogP contribution in [0.25, 0.3) is 10.8 Å². The number of aryl methyl sites for hydroxylation is 3. The van der Waals surface area contributed by atoms with E-state index in [0.29, 0.717) is 10.8 Å². The molecule has 8 heteroatoms. The molecule has 7 nitrogen and oxygen atoms in total. The van der Waals surface area contributed by atoms with E-state index in [2.05, 4.69) is 26.7 Å². The van der Waals surface area contributed by atoms with Crippen LogP contribution in [0.15, 0.2) is 22.9 Å². The third-order valence-electron chi connectivity index (χ3n) is 5.08. The fraction of sp³-hybridized carbons (Fsp3) is 0.474. The Balaban J connectivity index is 1.46. The van der Waals surface area contributed by atoms with Crippen LogP contribution in [-0.2, 0) is 6.54 Å². The molecule has 1 amide bonds. The lowest BCUT2D eigenvalue weighted by atomic mass is 9.95. The van der Waals surface area contributed by atoms with Crippen molar-refractivity contribution < 1.29 is 9.21 Å². The average Bonchev–Trinajstić information content (AvgIpc) is 3.40. The van der Waals surface area contributed by atoms with Crippen LogP contribution in [0.3, 0.4) is 0 Å². The lowest BCUT2D eigenvalue weighted by molar-refractivity contribution is 0.0714. The summed E-state index contributed by atoms with van der Waals surface area (Å²) in [5.41, 5.74) is 0.766. The van der Waals surface area contributed by atoms with Gasteiger partial charge in [-0.1, -0.05) is 0 Å². The van der Waals surface area contributed by atoms with Crippen molar-refractivity contribution in [2.45, 2.75) is 46.1 Å². The number of carbonyl (C=O) groups excluding carboxylic acids is 1. The normalized spacial score (nSPS) is 15.4. The van der Waals surface area contributed by atoms with Crippen molar-refractivity contribution in [3.63, 3.8) is 0 Å². The Morgan fingerprint density at radius 1 is 1.30 bits per heavy atom. The Morgan fingerprint density at radius 2 is 2.07 bits per heavy atom. The van der Waals surface area contributed by atoms with Gasteiger partial charge in [0.15, 0.2) is 10.8 Å². The maximum atomic E-state index is 13.0. The molecule has 0 spiro atoms. The zero-order chi connectivity index (χ0) is 19.0. The SMILES string of the molecule is CCn1cnnc1C1CCN(C(=O)c2sc(-c3ccc(C)o3)nc2C)CC1. The van der Waals surface area contributed by atoms with Gasteiger partial charge in [-0.3, -0.25) is 4.79 Å². The number of amides is 1. The molecule has 3 aromatic rings. The number of nitrogens with zero attached hydrogens (tertiary/aromatic N) is 5. The first-order valence-corrected chi connectivity index (χ1v) is 10.1. The molecule has 142 valence electrons. The van der Waals surface area contributed by atoms with Crippen LogP contribution in [-0.4, -0.2) is 43.6 Å². The molecule has 1 aliphatic rings. The van der Waals surface area contributed by atoms with E-state index in [-0.39, 0.29) is 5.91 Å². The van der Waals surface area contributed by atoms with E-state index < -0.39 is 0 Å². The van der Waals surface area contributed by atoms with E-state index in [1.807, 2.05) is 30.9 Å². The zero-order valence-corrected chi connectivity index (χ0v) is 16.6. The first-order valence-electron chi connectivity index (χ1n) is 9.28. The highest BCUT2D eigenvalue weighted by atomic mass is 32.1. The molecule has 4 heterocycles. The molecule has 1 saturated heterocycles. The molecule has 0 saturated carbocycles. The van der Waals surface area contributed by atoms with Crippen molar-refractivity contribution in [2.75, 3.05) is 13.1 Å². The number of hydrogen-bond acceptors (Lipinski definition) is 6. The predicted octanol–water partition coefficient (Wildman–Crippen LogP) is 3.65. The van der Waals surface area contributed by atoms with Crippen LogP contribution >= 0.6 is 11.3 Å². The molecule has 0 aliphatic carbocycles. The molecule has 0 N–H and O–H groups in total. The summed E-state index contributed by atoms with van der Waals surface area (Å²) in [6.45, 7) is 8.21. The minimum atomic E-state index is 0.0648. The maximum absolute atomic E-state index is 13.0. The molecular formula is C19H23N5O2S. The second-order valence-electron chi connectivity index (χ2n) is 6.89. The van der Waals surface area contributed by atoms with Gasteiger partial charge in [0.05, 0.1) is 5.69 Å². The van der Waals surface area contributed by atoms with E-state index in [9.17, 15) is 4.79 Å². The summed E-state index contributed by atoms with van der Waals surface area (Å²) in [7, 11) is 0. The molecule has 1 fully saturated rings. The number of carbonyl (C=O) groups is 1. The number of hydrogen-bond donors (Lipinski definition) is 0. The molecule has 0 atom stereocenters. The van der Waals surface area contributed by atoms with E-state index in [1.54, 1.807) is 6.33 Å². The molecular weight excluding hydrogens is 362 g/mol. The third kappa shape index (κ3) is 3.41. The van der Waals surface area contributed by atoms with Crippen molar-refractivity contribution in [3.05, 3.63) is 40.6 Å². The number of thiazole rings is 1. The van der Waals surface area contributed by atoms with E-state index in [4.69, 9.17) is 4.42 Å². The van der Waals surface area contributed by atoms with Gasteiger partial charge < -0.3 is 13.9 Å². The number of furan rings is 1. The quantitative estimate of drug-likeness (QED) is 0.685. The molecule has 0 unspecified atom stereocenters.